The van der Waals surface area contributed by atoms with Crippen LogP contribution in [0.3, 0.4) is 0 Å². The van der Waals surface area contributed by atoms with Gasteiger partial charge in [-0.25, -0.2) is 13.6 Å². The number of nitrogens with zero attached hydrogens (tertiary/aromatic N) is 4. The Morgan fingerprint density at radius 3 is 2.67 bits per heavy atom. The number of aromatic nitrogens is 2. The van der Waals surface area contributed by atoms with Crippen LogP contribution in [-0.2, 0) is 0 Å². The first-order chi connectivity index (χ1) is 21.4. The normalized spacial score (nSPS) is 22.9. The summed E-state index contributed by atoms with van der Waals surface area (Å²) in [5.41, 5.74) is -0.800. The fourth-order valence-electron chi connectivity index (χ4n) is 7.38. The molecular weight excluding hydrogens is 599 g/mol. The van der Waals surface area contributed by atoms with Crippen LogP contribution in [0.5, 0.6) is 11.8 Å². The van der Waals surface area contributed by atoms with E-state index in [0.29, 0.717) is 23.9 Å². The van der Waals surface area contributed by atoms with Crippen molar-refractivity contribution in [1.82, 2.24) is 14.9 Å². The standard InChI is InChI=1S/C32H31F5N4O4/c1-17-26-25(29(43)45-27(17)22-13-21(42)12-18-4-2-5-23(34)24(18)22)28(40-10-6-19(7-11-40)32(35,36)37)39-30(38-26)44-16-31-8-3-9-41(31)15-20(33)14-31/h2,4-5,12-13,19-20,42H,3,6-11,14-16H2,1H3/t20-,31+/m1/s1. The van der Waals surface area contributed by atoms with Crippen molar-refractivity contribution in [2.75, 3.05) is 37.7 Å². The number of fused-ring (bicyclic) bond motifs is 3. The first-order valence-corrected chi connectivity index (χ1v) is 15.0. The van der Waals surface area contributed by atoms with Crippen LogP contribution in [0.15, 0.2) is 39.5 Å². The minimum atomic E-state index is -4.33. The molecule has 0 radical (unpaired) electrons. The van der Waals surface area contributed by atoms with Crippen molar-refractivity contribution < 1.29 is 36.2 Å². The van der Waals surface area contributed by atoms with Gasteiger partial charge in [0.2, 0.25) is 0 Å². The molecule has 4 aromatic rings. The van der Waals surface area contributed by atoms with Crippen LogP contribution < -0.4 is 15.3 Å². The summed E-state index contributed by atoms with van der Waals surface area (Å²) >= 11 is 0. The van der Waals surface area contributed by atoms with E-state index in [1.54, 1.807) is 17.9 Å². The number of phenolic OH excluding ortho intramolecular Hbond substituents is 1. The van der Waals surface area contributed by atoms with Crippen LogP contribution in [0.4, 0.5) is 27.8 Å². The molecule has 0 saturated carbocycles. The third-order valence-corrected chi connectivity index (χ3v) is 9.61. The molecule has 7 rings (SSSR count). The van der Waals surface area contributed by atoms with E-state index in [1.807, 2.05) is 0 Å². The topological polar surface area (TPSA) is 91.9 Å². The highest BCUT2D eigenvalue weighted by Crippen LogP contribution is 2.42. The van der Waals surface area contributed by atoms with Crippen LogP contribution in [0.1, 0.15) is 37.7 Å². The van der Waals surface area contributed by atoms with Crippen molar-refractivity contribution in [3.05, 3.63) is 52.1 Å². The second-order valence-electron chi connectivity index (χ2n) is 12.4. The number of phenols is 1. The molecule has 8 nitrogen and oxygen atoms in total. The SMILES string of the molecule is Cc1c(-c2cc(O)cc3cccc(F)c23)oc(=O)c2c(N3CCC(C(F)(F)F)CC3)nc(OC[C@@]34CCCN3C[C@H](F)C4)nc12. The van der Waals surface area contributed by atoms with E-state index in [0.717, 1.165) is 19.4 Å². The Kier molecular flexibility index (Phi) is 7.14. The zero-order valence-corrected chi connectivity index (χ0v) is 24.5. The summed E-state index contributed by atoms with van der Waals surface area (Å²) < 4.78 is 81.8. The molecule has 0 unspecified atom stereocenters. The molecule has 0 aliphatic carbocycles. The maximum absolute atomic E-state index is 15.1. The van der Waals surface area contributed by atoms with E-state index in [4.69, 9.17) is 9.15 Å². The largest absolute Gasteiger partial charge is 0.508 e. The lowest BCUT2D eigenvalue weighted by molar-refractivity contribution is -0.179. The predicted octanol–water partition coefficient (Wildman–Crippen LogP) is 6.29. The number of benzene rings is 2. The third kappa shape index (κ3) is 5.14. The van der Waals surface area contributed by atoms with Crippen molar-refractivity contribution in [3.63, 3.8) is 0 Å². The van der Waals surface area contributed by atoms with Crippen LogP contribution in [0.25, 0.3) is 33.0 Å². The molecule has 13 heteroatoms. The van der Waals surface area contributed by atoms with Gasteiger partial charge in [-0.3, -0.25) is 4.90 Å². The Hall–Kier alpha value is -4.00. The van der Waals surface area contributed by atoms with Crippen molar-refractivity contribution >= 4 is 27.5 Å². The summed E-state index contributed by atoms with van der Waals surface area (Å²) in [5.74, 6) is -2.18. The van der Waals surface area contributed by atoms with Gasteiger partial charge < -0.3 is 19.2 Å². The number of aryl methyl sites for hydroxylation is 1. The third-order valence-electron chi connectivity index (χ3n) is 9.61. The summed E-state index contributed by atoms with van der Waals surface area (Å²) in [5, 5.41) is 10.9. The lowest BCUT2D eigenvalue weighted by Crippen LogP contribution is -2.43. The number of ether oxygens (including phenoxy) is 1. The smallest absolute Gasteiger partial charge is 0.391 e. The molecule has 238 valence electrons. The van der Waals surface area contributed by atoms with E-state index in [2.05, 4.69) is 14.9 Å². The van der Waals surface area contributed by atoms with Crippen LogP contribution >= 0.6 is 0 Å². The molecule has 45 heavy (non-hydrogen) atoms. The molecule has 0 amide bonds. The average Bonchev–Trinajstić information content (AvgIpc) is 3.52. The monoisotopic (exact) mass is 630 g/mol. The predicted molar refractivity (Wildman–Crippen MR) is 157 cm³/mol. The van der Waals surface area contributed by atoms with Gasteiger partial charge >= 0.3 is 17.8 Å². The highest BCUT2D eigenvalue weighted by Gasteiger charge is 2.49. The van der Waals surface area contributed by atoms with Crippen molar-refractivity contribution in [1.29, 1.82) is 0 Å². The number of rotatable bonds is 5. The molecule has 3 aliphatic rings. The second-order valence-corrected chi connectivity index (χ2v) is 12.4. The van der Waals surface area contributed by atoms with Crippen molar-refractivity contribution in [3.8, 4) is 23.1 Å². The summed E-state index contributed by atoms with van der Waals surface area (Å²) in [7, 11) is 0. The number of hydrogen-bond acceptors (Lipinski definition) is 8. The van der Waals surface area contributed by atoms with E-state index < -0.39 is 35.2 Å². The molecule has 2 atom stereocenters. The van der Waals surface area contributed by atoms with Gasteiger partial charge in [0.15, 0.2) is 5.82 Å². The number of aromatic hydroxyl groups is 1. The molecule has 3 fully saturated rings. The minimum absolute atomic E-state index is 0.0143. The highest BCUT2D eigenvalue weighted by atomic mass is 19.4. The van der Waals surface area contributed by atoms with Gasteiger partial charge in [0.05, 0.1) is 17.0 Å². The Bertz CT molecular complexity index is 1860. The summed E-state index contributed by atoms with van der Waals surface area (Å²) in [6, 6.07) is 6.95. The van der Waals surface area contributed by atoms with Gasteiger partial charge in [-0.2, -0.15) is 23.1 Å². The number of hydrogen-bond donors (Lipinski definition) is 1. The van der Waals surface area contributed by atoms with E-state index in [-0.39, 0.29) is 77.7 Å². The molecule has 2 aromatic heterocycles. The second kappa shape index (κ2) is 10.8. The first-order valence-electron chi connectivity index (χ1n) is 15.0. The van der Waals surface area contributed by atoms with Crippen molar-refractivity contribution in [2.45, 2.75) is 56.9 Å². The van der Waals surface area contributed by atoms with Gasteiger partial charge in [0.25, 0.3) is 0 Å². The maximum Gasteiger partial charge on any atom is 0.391 e. The Labute approximate surface area is 254 Å². The molecule has 3 saturated heterocycles. The molecule has 0 bridgehead atoms. The quantitative estimate of drug-likeness (QED) is 0.258. The maximum atomic E-state index is 15.1. The summed E-state index contributed by atoms with van der Waals surface area (Å²) in [6.45, 7) is 2.76. The van der Waals surface area contributed by atoms with Gasteiger partial charge in [0, 0.05) is 42.6 Å². The molecule has 1 N–H and O–H groups in total. The number of halogens is 5. The fraction of sp³-hybridized carbons (Fsp3) is 0.469. The Morgan fingerprint density at radius 2 is 1.91 bits per heavy atom. The van der Waals surface area contributed by atoms with E-state index in [1.165, 1.54) is 24.3 Å². The van der Waals surface area contributed by atoms with E-state index >= 15 is 4.39 Å². The molecular formula is C32H31F5N4O4. The van der Waals surface area contributed by atoms with E-state index in [9.17, 15) is 27.5 Å². The number of piperidine rings is 1. The lowest BCUT2D eigenvalue weighted by Gasteiger charge is -2.34. The number of anilines is 1. The summed E-state index contributed by atoms with van der Waals surface area (Å²) in [4.78, 5) is 26.5. The van der Waals surface area contributed by atoms with Crippen LogP contribution in [-0.4, -0.2) is 70.6 Å². The van der Waals surface area contributed by atoms with Crippen LogP contribution in [0, 0.1) is 18.7 Å². The van der Waals surface area contributed by atoms with Crippen LogP contribution in [0.2, 0.25) is 0 Å². The molecule has 3 aliphatic heterocycles. The van der Waals surface area contributed by atoms with Gasteiger partial charge in [-0.15, -0.1) is 0 Å². The molecule has 5 heterocycles. The molecule has 0 spiro atoms. The zero-order chi connectivity index (χ0) is 31.7. The highest BCUT2D eigenvalue weighted by molar-refractivity contribution is 6.00. The van der Waals surface area contributed by atoms with Gasteiger partial charge in [-0.1, -0.05) is 12.1 Å². The van der Waals surface area contributed by atoms with Crippen molar-refractivity contribution in [2.24, 2.45) is 5.92 Å². The van der Waals surface area contributed by atoms with Gasteiger partial charge in [-0.05, 0) is 62.7 Å². The fourth-order valence-corrected chi connectivity index (χ4v) is 7.38. The Morgan fingerprint density at radius 1 is 1.13 bits per heavy atom. The lowest BCUT2D eigenvalue weighted by atomic mass is 9.95. The zero-order valence-electron chi connectivity index (χ0n) is 24.5. The number of alkyl halides is 4. The Balaban J connectivity index is 1.36. The van der Waals surface area contributed by atoms with Gasteiger partial charge in [0.1, 0.15) is 35.5 Å². The minimum Gasteiger partial charge on any atom is -0.508 e. The summed E-state index contributed by atoms with van der Waals surface area (Å²) in [6.07, 6.45) is -3.74. The average molecular weight is 631 g/mol. The molecule has 2 aromatic carbocycles. The first kappa shape index (κ1) is 29.7.